The number of ether oxygens (including phenoxy) is 2. The normalized spacial score (nSPS) is 18.0. The van der Waals surface area contributed by atoms with E-state index < -0.39 is 0 Å². The molecule has 1 saturated heterocycles. The van der Waals surface area contributed by atoms with Gasteiger partial charge in [0.2, 0.25) is 5.91 Å². The molecule has 1 aliphatic rings. The molecule has 0 saturated carbocycles. The molecule has 2 rings (SSSR count). The van der Waals surface area contributed by atoms with Crippen LogP contribution in [0.25, 0.3) is 0 Å². The highest BCUT2D eigenvalue weighted by Gasteiger charge is 2.33. The molecule has 1 aromatic carbocycles. The Balaban J connectivity index is 1.84. The fourth-order valence-electron chi connectivity index (χ4n) is 2.14. The minimum atomic E-state index is -0.365. The van der Waals surface area contributed by atoms with Crippen LogP contribution in [0.5, 0.6) is 5.75 Å². The van der Waals surface area contributed by atoms with E-state index >= 15 is 0 Å². The number of amides is 2. The summed E-state index contributed by atoms with van der Waals surface area (Å²) in [4.78, 5) is 24.1. The number of hydrogen-bond acceptors (Lipinski definition) is 4. The first-order valence-electron chi connectivity index (χ1n) is 6.93. The Morgan fingerprint density at radius 1 is 1.43 bits per heavy atom. The molecule has 0 aromatic heterocycles. The number of nitrogens with zero attached hydrogens (tertiary/aromatic N) is 1. The Labute approximate surface area is 123 Å². The summed E-state index contributed by atoms with van der Waals surface area (Å²) in [7, 11) is 0. The summed E-state index contributed by atoms with van der Waals surface area (Å²) < 4.78 is 10.8. The summed E-state index contributed by atoms with van der Waals surface area (Å²) in [6.07, 6.45) is -0.343. The molecule has 1 heterocycles. The van der Waals surface area contributed by atoms with Crippen molar-refractivity contribution >= 4 is 12.0 Å². The van der Waals surface area contributed by atoms with Gasteiger partial charge in [0.15, 0.2) is 6.10 Å². The molecule has 6 heteroatoms. The van der Waals surface area contributed by atoms with Crippen LogP contribution < -0.4 is 10.5 Å². The third-order valence-electron chi connectivity index (χ3n) is 3.26. The Bertz CT molecular complexity index is 513. The summed E-state index contributed by atoms with van der Waals surface area (Å²) in [5.74, 6) is 0.303. The lowest BCUT2D eigenvalue weighted by Crippen LogP contribution is -2.32. The number of hydrogen-bond donors (Lipinski definition) is 1. The minimum Gasteiger partial charge on any atom is -0.490 e. The lowest BCUT2D eigenvalue weighted by Gasteiger charge is -2.16. The number of primary amides is 1. The number of cyclic esters (lactones) is 1. The molecule has 21 heavy (non-hydrogen) atoms. The Kier molecular flexibility index (Phi) is 4.67. The summed E-state index contributed by atoms with van der Waals surface area (Å²) in [5, 5.41) is 0. The van der Waals surface area contributed by atoms with Gasteiger partial charge in [0, 0.05) is 6.04 Å². The Hall–Kier alpha value is -2.24. The molecule has 1 aliphatic heterocycles. The van der Waals surface area contributed by atoms with Crippen molar-refractivity contribution in [3.05, 3.63) is 29.8 Å². The van der Waals surface area contributed by atoms with Crippen molar-refractivity contribution in [2.45, 2.75) is 32.4 Å². The molecular formula is C15H20N2O4. The van der Waals surface area contributed by atoms with Crippen molar-refractivity contribution < 1.29 is 19.1 Å². The van der Waals surface area contributed by atoms with Gasteiger partial charge in [-0.25, -0.2) is 4.79 Å². The molecule has 2 N–H and O–H groups in total. The van der Waals surface area contributed by atoms with Gasteiger partial charge in [-0.3, -0.25) is 4.79 Å². The van der Waals surface area contributed by atoms with Crippen molar-refractivity contribution in [3.63, 3.8) is 0 Å². The van der Waals surface area contributed by atoms with Crippen LogP contribution in [0.3, 0.4) is 0 Å². The molecule has 6 nitrogen and oxygen atoms in total. The van der Waals surface area contributed by atoms with E-state index in [2.05, 4.69) is 0 Å². The van der Waals surface area contributed by atoms with Gasteiger partial charge in [-0.2, -0.15) is 0 Å². The summed E-state index contributed by atoms with van der Waals surface area (Å²) in [5.41, 5.74) is 5.97. The second kappa shape index (κ2) is 6.47. The van der Waals surface area contributed by atoms with Gasteiger partial charge >= 0.3 is 6.09 Å². The standard InChI is InChI=1S/C15H20N2O4/c1-10(2)17-8-13(21-15(17)19)9-20-12-5-3-11(4-6-12)7-14(16)18/h3-6,10,13H,7-9H2,1-2H3,(H2,16,18). The summed E-state index contributed by atoms with van der Waals surface area (Å²) in [6.45, 7) is 4.74. The van der Waals surface area contributed by atoms with Gasteiger partial charge in [-0.05, 0) is 31.5 Å². The van der Waals surface area contributed by atoms with E-state index in [9.17, 15) is 9.59 Å². The van der Waals surface area contributed by atoms with E-state index in [1.807, 2.05) is 13.8 Å². The molecule has 1 fully saturated rings. The monoisotopic (exact) mass is 292 g/mol. The van der Waals surface area contributed by atoms with E-state index in [4.69, 9.17) is 15.2 Å². The van der Waals surface area contributed by atoms with Gasteiger partial charge in [0.25, 0.3) is 0 Å². The zero-order valence-corrected chi connectivity index (χ0v) is 12.2. The number of rotatable bonds is 6. The summed E-state index contributed by atoms with van der Waals surface area (Å²) >= 11 is 0. The topological polar surface area (TPSA) is 81.9 Å². The van der Waals surface area contributed by atoms with Crippen molar-refractivity contribution in [2.75, 3.05) is 13.2 Å². The van der Waals surface area contributed by atoms with Crippen LogP contribution in [0.15, 0.2) is 24.3 Å². The molecule has 0 aliphatic carbocycles. The quantitative estimate of drug-likeness (QED) is 0.857. The van der Waals surface area contributed by atoms with Gasteiger partial charge in [-0.15, -0.1) is 0 Å². The second-order valence-corrected chi connectivity index (χ2v) is 5.35. The van der Waals surface area contributed by atoms with Crippen molar-refractivity contribution in [3.8, 4) is 5.75 Å². The fraction of sp³-hybridized carbons (Fsp3) is 0.467. The minimum absolute atomic E-state index is 0.121. The zero-order valence-electron chi connectivity index (χ0n) is 12.2. The van der Waals surface area contributed by atoms with E-state index in [0.29, 0.717) is 18.9 Å². The first-order chi connectivity index (χ1) is 9.95. The van der Waals surface area contributed by atoms with Gasteiger partial charge < -0.3 is 20.1 Å². The first-order valence-corrected chi connectivity index (χ1v) is 6.93. The van der Waals surface area contributed by atoms with Gasteiger partial charge in [-0.1, -0.05) is 12.1 Å². The van der Waals surface area contributed by atoms with Crippen LogP contribution in [-0.4, -0.2) is 42.2 Å². The lowest BCUT2D eigenvalue weighted by atomic mass is 10.1. The molecule has 2 amide bonds. The lowest BCUT2D eigenvalue weighted by molar-refractivity contribution is -0.117. The molecule has 0 bridgehead atoms. The largest absolute Gasteiger partial charge is 0.490 e. The highest BCUT2D eigenvalue weighted by molar-refractivity contribution is 5.76. The van der Waals surface area contributed by atoms with E-state index in [0.717, 1.165) is 5.56 Å². The van der Waals surface area contributed by atoms with Crippen LogP contribution in [0.4, 0.5) is 4.79 Å². The maximum Gasteiger partial charge on any atom is 0.410 e. The predicted octanol–water partition coefficient (Wildman–Crippen LogP) is 1.32. The second-order valence-electron chi connectivity index (χ2n) is 5.35. The molecule has 0 radical (unpaired) electrons. The molecule has 114 valence electrons. The highest BCUT2D eigenvalue weighted by Crippen LogP contribution is 2.17. The van der Waals surface area contributed by atoms with E-state index in [1.165, 1.54) is 0 Å². The third-order valence-corrected chi connectivity index (χ3v) is 3.26. The number of nitrogens with two attached hydrogens (primary N) is 1. The molecule has 1 aromatic rings. The third kappa shape index (κ3) is 4.11. The van der Waals surface area contributed by atoms with Crippen LogP contribution in [0.2, 0.25) is 0 Å². The maximum atomic E-state index is 11.6. The first kappa shape index (κ1) is 15.2. The van der Waals surface area contributed by atoms with E-state index in [-0.39, 0.29) is 30.6 Å². The highest BCUT2D eigenvalue weighted by atomic mass is 16.6. The van der Waals surface area contributed by atoms with Crippen LogP contribution in [0, 0.1) is 0 Å². The number of carbonyl (C=O) groups is 2. The predicted molar refractivity (Wildman–Crippen MR) is 76.9 cm³/mol. The zero-order chi connectivity index (χ0) is 15.4. The molecule has 1 atom stereocenters. The van der Waals surface area contributed by atoms with Gasteiger partial charge in [0.05, 0.1) is 13.0 Å². The molecule has 0 spiro atoms. The SMILES string of the molecule is CC(C)N1CC(COc2ccc(CC(N)=O)cc2)OC1=O. The maximum absolute atomic E-state index is 11.6. The van der Waals surface area contributed by atoms with Crippen LogP contribution in [-0.2, 0) is 16.0 Å². The van der Waals surface area contributed by atoms with Crippen molar-refractivity contribution in [2.24, 2.45) is 5.73 Å². The summed E-state index contributed by atoms with van der Waals surface area (Å²) in [6, 6.07) is 7.25. The van der Waals surface area contributed by atoms with E-state index in [1.54, 1.807) is 29.2 Å². The average Bonchev–Trinajstić information content (AvgIpc) is 2.79. The molecule has 1 unspecified atom stereocenters. The fourth-order valence-corrected chi connectivity index (χ4v) is 2.14. The Morgan fingerprint density at radius 3 is 2.62 bits per heavy atom. The van der Waals surface area contributed by atoms with Crippen LogP contribution >= 0.6 is 0 Å². The van der Waals surface area contributed by atoms with Gasteiger partial charge in [0.1, 0.15) is 12.4 Å². The Morgan fingerprint density at radius 2 is 2.10 bits per heavy atom. The van der Waals surface area contributed by atoms with Crippen molar-refractivity contribution in [1.82, 2.24) is 4.90 Å². The smallest absolute Gasteiger partial charge is 0.410 e. The molecular weight excluding hydrogens is 272 g/mol. The average molecular weight is 292 g/mol. The van der Waals surface area contributed by atoms with Crippen molar-refractivity contribution in [1.29, 1.82) is 0 Å². The number of carbonyl (C=O) groups excluding carboxylic acids is 2. The van der Waals surface area contributed by atoms with Crippen LogP contribution in [0.1, 0.15) is 19.4 Å². The number of benzene rings is 1.